The predicted octanol–water partition coefficient (Wildman–Crippen LogP) is 2.71. The lowest BCUT2D eigenvalue weighted by Gasteiger charge is -2.38. The second kappa shape index (κ2) is 8.96. The summed E-state index contributed by atoms with van der Waals surface area (Å²) in [6, 6.07) is 6.03. The largest absolute Gasteiger partial charge is 0.414 e. The maximum Gasteiger partial charge on any atom is 0.414 e. The van der Waals surface area contributed by atoms with Crippen LogP contribution in [0.15, 0.2) is 24.3 Å². The summed E-state index contributed by atoms with van der Waals surface area (Å²) in [5.74, 6) is -3.66. The van der Waals surface area contributed by atoms with Gasteiger partial charge in [-0.15, -0.1) is 0 Å². The highest BCUT2D eigenvalue weighted by Crippen LogP contribution is 2.31. The summed E-state index contributed by atoms with van der Waals surface area (Å²) in [5.41, 5.74) is 0. The van der Waals surface area contributed by atoms with Crippen LogP contribution in [0.3, 0.4) is 0 Å². The molecule has 0 aliphatic carbocycles. The molecule has 0 aromatic heterocycles. The van der Waals surface area contributed by atoms with E-state index >= 15 is 0 Å². The maximum atomic E-state index is 13.4. The van der Waals surface area contributed by atoms with E-state index in [9.17, 15) is 17.8 Å². The molecule has 2 radical (unpaired) electrons. The summed E-state index contributed by atoms with van der Waals surface area (Å²) in [5, 5.41) is 0.487. The summed E-state index contributed by atoms with van der Waals surface area (Å²) < 4.78 is 44.8. The van der Waals surface area contributed by atoms with Crippen LogP contribution in [-0.2, 0) is 11.0 Å². The van der Waals surface area contributed by atoms with Crippen LogP contribution in [0.2, 0.25) is 5.02 Å². The number of likely N-dealkylation sites (tertiary alicyclic amines) is 1. The van der Waals surface area contributed by atoms with Crippen LogP contribution in [0, 0.1) is 0 Å². The lowest BCUT2D eigenvalue weighted by molar-refractivity contribution is -0.0737. The molecule has 0 bridgehead atoms. The molecule has 136 valence electrons. The number of carbonyl (C=O) groups excluding carboxylic acids is 1. The minimum Gasteiger partial charge on any atom is -0.410 e. The van der Waals surface area contributed by atoms with Crippen LogP contribution >= 0.6 is 11.6 Å². The Morgan fingerprint density at radius 3 is 2.56 bits per heavy atom. The minimum atomic E-state index is -3.09. The number of amides is 1. The number of halogens is 3. The smallest absolute Gasteiger partial charge is 0.410 e. The molecule has 25 heavy (non-hydrogen) atoms. The van der Waals surface area contributed by atoms with Gasteiger partial charge < -0.3 is 9.64 Å². The number of piperidine rings is 1. The molecule has 5 nitrogen and oxygen atoms in total. The van der Waals surface area contributed by atoms with Gasteiger partial charge in [-0.25, -0.2) is 22.5 Å². The molecule has 0 saturated carbocycles. The number of rotatable bonds is 1. The van der Waals surface area contributed by atoms with Crippen molar-refractivity contribution in [2.24, 2.45) is 0 Å². The van der Waals surface area contributed by atoms with E-state index in [2.05, 4.69) is 4.72 Å². The van der Waals surface area contributed by atoms with E-state index in [0.717, 1.165) is 23.6 Å². The third kappa shape index (κ3) is 5.93. The first-order valence-corrected chi connectivity index (χ1v) is 9.48. The molecular formula is C15H18BClF2N2O3S. The molecule has 0 spiro atoms. The molecular weight excluding hydrogens is 373 g/mol. The van der Waals surface area contributed by atoms with E-state index < -0.39 is 28.9 Å². The number of ether oxygens (including phenoxy) is 1. The highest BCUT2D eigenvalue weighted by Gasteiger charge is 2.44. The van der Waals surface area contributed by atoms with Crippen LogP contribution in [0.25, 0.3) is 0 Å². The van der Waals surface area contributed by atoms with Gasteiger partial charge in [0.05, 0.1) is 16.9 Å². The molecule has 2 aliphatic heterocycles. The molecule has 2 atom stereocenters. The molecule has 2 unspecified atom stereocenters. The Balaban J connectivity index is 0.000000316. The molecule has 2 saturated heterocycles. The number of alkyl halides is 2. The van der Waals surface area contributed by atoms with E-state index in [1.807, 2.05) is 0 Å². The van der Waals surface area contributed by atoms with E-state index in [1.165, 1.54) is 24.3 Å². The standard InChI is InChI=1S/C12H11BClF2NO2.C3H7NOS/c13-10-12(15,16)6-1-7-17(10)11(18)19-9-4-2-8(14)3-5-9;5-6-3-1-2-4-6/h2-5,10H,1,6-7H2;4H,1-3H2. The molecule has 1 amide bonds. The van der Waals surface area contributed by atoms with E-state index in [-0.39, 0.29) is 25.1 Å². The zero-order valence-electron chi connectivity index (χ0n) is 13.4. The SMILES string of the molecule is O=S1CCCN1.[B]C1N(C(=O)Oc2ccc(Cl)cc2)CCCC1(F)F. The molecule has 1 N–H and O–H groups in total. The summed E-state index contributed by atoms with van der Waals surface area (Å²) in [7, 11) is 4.72. The second-order valence-electron chi connectivity index (χ2n) is 5.62. The van der Waals surface area contributed by atoms with Crippen LogP contribution in [0.1, 0.15) is 19.3 Å². The van der Waals surface area contributed by atoms with Crippen LogP contribution in [0.5, 0.6) is 5.75 Å². The van der Waals surface area contributed by atoms with Crippen molar-refractivity contribution in [1.82, 2.24) is 9.62 Å². The normalized spacial score (nSPS) is 25.0. The second-order valence-corrected chi connectivity index (χ2v) is 7.45. The lowest BCUT2D eigenvalue weighted by atomic mass is 9.83. The van der Waals surface area contributed by atoms with E-state index in [0.29, 0.717) is 5.02 Å². The van der Waals surface area contributed by atoms with Crippen molar-refractivity contribution < 1.29 is 22.5 Å². The Bertz CT molecular complexity index is 613. The summed E-state index contributed by atoms with van der Waals surface area (Å²) in [6.07, 6.45) is 0.0660. The van der Waals surface area contributed by atoms with Crippen LogP contribution in [0.4, 0.5) is 13.6 Å². The van der Waals surface area contributed by atoms with Crippen LogP contribution < -0.4 is 9.46 Å². The first-order valence-electron chi connectivity index (χ1n) is 7.79. The van der Waals surface area contributed by atoms with Crippen LogP contribution in [-0.4, -0.2) is 53.8 Å². The van der Waals surface area contributed by atoms with Gasteiger partial charge in [0, 0.05) is 30.3 Å². The van der Waals surface area contributed by atoms with Gasteiger partial charge in [-0.1, -0.05) is 11.6 Å². The summed E-state index contributed by atoms with van der Waals surface area (Å²) in [6.45, 7) is 1.09. The minimum absolute atomic E-state index is 0.156. The average molecular weight is 391 g/mol. The Morgan fingerprint density at radius 1 is 1.36 bits per heavy atom. The number of hydrogen-bond acceptors (Lipinski definition) is 3. The Hall–Kier alpha value is -1.19. The monoisotopic (exact) mass is 390 g/mol. The van der Waals surface area contributed by atoms with E-state index in [1.54, 1.807) is 0 Å². The highest BCUT2D eigenvalue weighted by atomic mass is 35.5. The Morgan fingerprint density at radius 2 is 2.04 bits per heavy atom. The van der Waals surface area contributed by atoms with Crippen molar-refractivity contribution in [1.29, 1.82) is 0 Å². The summed E-state index contributed by atoms with van der Waals surface area (Å²) in [4.78, 5) is 12.7. The predicted molar refractivity (Wildman–Crippen MR) is 93.5 cm³/mol. The molecule has 3 rings (SSSR count). The number of nitrogens with one attached hydrogen (secondary N) is 1. The maximum absolute atomic E-state index is 13.4. The van der Waals surface area contributed by atoms with Gasteiger partial charge in [-0.3, -0.25) is 0 Å². The molecule has 1 aromatic carbocycles. The van der Waals surface area contributed by atoms with Gasteiger partial charge >= 0.3 is 6.09 Å². The molecule has 2 aliphatic rings. The molecule has 10 heteroatoms. The third-order valence-corrected chi connectivity index (χ3v) is 5.14. The van der Waals surface area contributed by atoms with Crippen molar-refractivity contribution >= 4 is 36.5 Å². The first kappa shape index (κ1) is 20.1. The molecule has 1 aromatic rings. The first-order chi connectivity index (χ1) is 11.8. The zero-order chi connectivity index (χ0) is 18.4. The topological polar surface area (TPSA) is 58.6 Å². The lowest BCUT2D eigenvalue weighted by Crippen LogP contribution is -2.55. The fraction of sp³-hybridized carbons (Fsp3) is 0.533. The van der Waals surface area contributed by atoms with Gasteiger partial charge in [0.1, 0.15) is 13.6 Å². The zero-order valence-corrected chi connectivity index (χ0v) is 15.0. The van der Waals surface area contributed by atoms with Crippen molar-refractivity contribution in [3.05, 3.63) is 29.3 Å². The van der Waals surface area contributed by atoms with Gasteiger partial charge in [0.25, 0.3) is 5.92 Å². The van der Waals surface area contributed by atoms with Crippen molar-refractivity contribution in [2.45, 2.75) is 31.1 Å². The fourth-order valence-corrected chi connectivity index (χ4v) is 3.38. The fourth-order valence-electron chi connectivity index (χ4n) is 2.33. The van der Waals surface area contributed by atoms with Gasteiger partial charge in [-0.2, -0.15) is 0 Å². The van der Waals surface area contributed by atoms with Crippen molar-refractivity contribution in [3.8, 4) is 5.75 Å². The Labute approximate surface area is 154 Å². The van der Waals surface area contributed by atoms with E-state index in [4.69, 9.17) is 24.2 Å². The third-order valence-electron chi connectivity index (χ3n) is 3.70. The number of nitrogens with zero attached hydrogens (tertiary/aromatic N) is 1. The number of carbonyl (C=O) groups is 1. The Kier molecular flexibility index (Phi) is 7.21. The quantitative estimate of drug-likeness (QED) is 0.750. The molecule has 2 fully saturated rings. The number of hydrogen-bond donors (Lipinski definition) is 1. The number of benzene rings is 1. The molecule has 2 heterocycles. The van der Waals surface area contributed by atoms with Crippen molar-refractivity contribution in [3.63, 3.8) is 0 Å². The highest BCUT2D eigenvalue weighted by molar-refractivity contribution is 7.83. The summed E-state index contributed by atoms with van der Waals surface area (Å²) >= 11 is 5.69. The average Bonchev–Trinajstić information content (AvgIpc) is 3.04. The van der Waals surface area contributed by atoms with Gasteiger partial charge in [0.15, 0.2) is 0 Å². The van der Waals surface area contributed by atoms with Gasteiger partial charge in [-0.05, 0) is 37.1 Å². The van der Waals surface area contributed by atoms with Gasteiger partial charge in [0.2, 0.25) is 0 Å². The van der Waals surface area contributed by atoms with Crippen molar-refractivity contribution in [2.75, 3.05) is 18.8 Å².